The molecule has 5 nitrogen and oxygen atoms in total. The molecular formula is C18H28N2O3S. The number of sulfonamides is 1. The van der Waals surface area contributed by atoms with Crippen LogP contribution in [0.3, 0.4) is 0 Å². The van der Waals surface area contributed by atoms with Gasteiger partial charge in [-0.25, -0.2) is 8.42 Å². The van der Waals surface area contributed by atoms with Gasteiger partial charge in [0, 0.05) is 24.3 Å². The summed E-state index contributed by atoms with van der Waals surface area (Å²) in [6, 6.07) is 7.01. The first-order valence-corrected chi connectivity index (χ1v) is 10.4. The Hall–Kier alpha value is -1.56. The standard InChI is InChI=1S/C18H28N2O3S/c1-4-12-24(22,23)19-16-10-7-9-15(13-16)18(21)20(3)17-11-6-5-8-14(17)2/h7,9-10,13-14,17,19H,4-6,8,11-12H2,1-3H3. The van der Waals surface area contributed by atoms with Gasteiger partial charge in [-0.1, -0.05) is 32.8 Å². The second-order valence-corrected chi connectivity index (χ2v) is 8.59. The summed E-state index contributed by atoms with van der Waals surface area (Å²) in [6.45, 7) is 4.02. The Morgan fingerprint density at radius 1 is 1.29 bits per heavy atom. The predicted octanol–water partition coefficient (Wildman–Crippen LogP) is 3.49. The van der Waals surface area contributed by atoms with E-state index < -0.39 is 10.0 Å². The molecule has 24 heavy (non-hydrogen) atoms. The van der Waals surface area contributed by atoms with Crippen LogP contribution in [0, 0.1) is 5.92 Å². The minimum absolute atomic E-state index is 0.0507. The smallest absolute Gasteiger partial charge is 0.253 e. The van der Waals surface area contributed by atoms with Crippen molar-refractivity contribution in [1.82, 2.24) is 4.90 Å². The molecule has 1 aliphatic rings. The Morgan fingerprint density at radius 2 is 2.00 bits per heavy atom. The van der Waals surface area contributed by atoms with Crippen LogP contribution in [0.15, 0.2) is 24.3 Å². The number of nitrogens with one attached hydrogen (secondary N) is 1. The molecule has 0 spiro atoms. The number of carbonyl (C=O) groups excluding carboxylic acids is 1. The quantitative estimate of drug-likeness (QED) is 0.852. The SMILES string of the molecule is CCCS(=O)(=O)Nc1cccc(C(=O)N(C)C2CCCCC2C)c1. The number of rotatable bonds is 6. The third-order valence-corrected chi connectivity index (χ3v) is 6.23. The lowest BCUT2D eigenvalue weighted by molar-refractivity contribution is 0.0629. The summed E-state index contributed by atoms with van der Waals surface area (Å²) in [6.07, 6.45) is 5.12. The molecule has 0 heterocycles. The third-order valence-electron chi connectivity index (χ3n) is 4.74. The average molecular weight is 353 g/mol. The molecule has 1 fully saturated rings. The van der Waals surface area contributed by atoms with E-state index in [1.54, 1.807) is 24.3 Å². The molecule has 134 valence electrons. The van der Waals surface area contributed by atoms with E-state index in [1.165, 1.54) is 6.42 Å². The average Bonchev–Trinajstić information content (AvgIpc) is 2.53. The van der Waals surface area contributed by atoms with Crippen LogP contribution in [0.5, 0.6) is 0 Å². The van der Waals surface area contributed by atoms with Crippen molar-refractivity contribution >= 4 is 21.6 Å². The Balaban J connectivity index is 2.13. The largest absolute Gasteiger partial charge is 0.338 e. The van der Waals surface area contributed by atoms with Crippen molar-refractivity contribution in [1.29, 1.82) is 0 Å². The van der Waals surface area contributed by atoms with Gasteiger partial charge in [-0.15, -0.1) is 0 Å². The van der Waals surface area contributed by atoms with E-state index in [-0.39, 0.29) is 17.7 Å². The van der Waals surface area contributed by atoms with Crippen molar-refractivity contribution < 1.29 is 13.2 Å². The van der Waals surface area contributed by atoms with Crippen LogP contribution in [0.4, 0.5) is 5.69 Å². The monoisotopic (exact) mass is 352 g/mol. The van der Waals surface area contributed by atoms with Gasteiger partial charge in [0.05, 0.1) is 5.75 Å². The Kier molecular flexibility index (Phi) is 6.27. The predicted molar refractivity (Wildman–Crippen MR) is 97.7 cm³/mol. The molecule has 2 atom stereocenters. The first kappa shape index (κ1) is 18.8. The van der Waals surface area contributed by atoms with Crippen LogP contribution in [-0.4, -0.2) is 38.1 Å². The number of nitrogens with zero attached hydrogens (tertiary/aromatic N) is 1. The summed E-state index contributed by atoms with van der Waals surface area (Å²) < 4.78 is 26.3. The molecule has 1 saturated carbocycles. The highest BCUT2D eigenvalue weighted by molar-refractivity contribution is 7.92. The normalized spacial score (nSPS) is 21.3. The molecule has 0 saturated heterocycles. The van der Waals surface area contributed by atoms with Crippen molar-refractivity contribution in [3.8, 4) is 0 Å². The molecule has 0 bridgehead atoms. The summed E-state index contributed by atoms with van der Waals surface area (Å²) in [4.78, 5) is 14.6. The Morgan fingerprint density at radius 3 is 2.67 bits per heavy atom. The van der Waals surface area contributed by atoms with Crippen LogP contribution >= 0.6 is 0 Å². The lowest BCUT2D eigenvalue weighted by Crippen LogP contribution is -2.42. The van der Waals surface area contributed by atoms with Gasteiger partial charge in [0.2, 0.25) is 10.0 Å². The lowest BCUT2D eigenvalue weighted by Gasteiger charge is -2.36. The molecule has 1 aliphatic carbocycles. The van der Waals surface area contributed by atoms with E-state index in [9.17, 15) is 13.2 Å². The van der Waals surface area contributed by atoms with Crippen molar-refractivity contribution in [3.05, 3.63) is 29.8 Å². The molecule has 0 aliphatic heterocycles. The van der Waals surface area contributed by atoms with Gasteiger partial charge in [-0.3, -0.25) is 9.52 Å². The molecular weight excluding hydrogens is 324 g/mol. The van der Waals surface area contributed by atoms with Crippen molar-refractivity contribution in [2.45, 2.75) is 52.0 Å². The number of anilines is 1. The molecule has 1 N–H and O–H groups in total. The van der Waals surface area contributed by atoms with Crippen LogP contribution in [0.2, 0.25) is 0 Å². The zero-order valence-electron chi connectivity index (χ0n) is 14.8. The first-order valence-electron chi connectivity index (χ1n) is 8.71. The lowest BCUT2D eigenvalue weighted by atomic mass is 9.85. The highest BCUT2D eigenvalue weighted by Crippen LogP contribution is 2.28. The highest BCUT2D eigenvalue weighted by Gasteiger charge is 2.28. The van der Waals surface area contributed by atoms with E-state index in [2.05, 4.69) is 11.6 Å². The third kappa shape index (κ3) is 4.72. The van der Waals surface area contributed by atoms with Gasteiger partial charge < -0.3 is 4.90 Å². The van der Waals surface area contributed by atoms with Crippen LogP contribution < -0.4 is 4.72 Å². The van der Waals surface area contributed by atoms with E-state index in [0.717, 1.165) is 19.3 Å². The Bertz CT molecular complexity index is 673. The van der Waals surface area contributed by atoms with Crippen LogP contribution in [-0.2, 0) is 10.0 Å². The Labute approximate surface area is 145 Å². The van der Waals surface area contributed by atoms with E-state index in [4.69, 9.17) is 0 Å². The van der Waals surface area contributed by atoms with E-state index in [0.29, 0.717) is 23.6 Å². The molecule has 1 amide bonds. The van der Waals surface area contributed by atoms with Gasteiger partial charge in [0.15, 0.2) is 0 Å². The molecule has 1 aromatic carbocycles. The summed E-state index contributed by atoms with van der Waals surface area (Å²) in [7, 11) is -1.50. The minimum Gasteiger partial charge on any atom is -0.338 e. The van der Waals surface area contributed by atoms with E-state index in [1.807, 2.05) is 18.9 Å². The number of carbonyl (C=O) groups is 1. The second kappa shape index (κ2) is 8.01. The molecule has 1 aromatic rings. The fourth-order valence-corrected chi connectivity index (χ4v) is 4.57. The number of benzene rings is 1. The highest BCUT2D eigenvalue weighted by atomic mass is 32.2. The zero-order chi connectivity index (χ0) is 17.7. The van der Waals surface area contributed by atoms with Crippen molar-refractivity contribution in [3.63, 3.8) is 0 Å². The van der Waals surface area contributed by atoms with Gasteiger partial charge in [0.1, 0.15) is 0 Å². The first-order chi connectivity index (χ1) is 11.3. The van der Waals surface area contributed by atoms with Crippen molar-refractivity contribution in [2.24, 2.45) is 5.92 Å². The summed E-state index contributed by atoms with van der Waals surface area (Å²) in [5.41, 5.74) is 0.964. The van der Waals surface area contributed by atoms with Crippen LogP contribution in [0.1, 0.15) is 56.3 Å². The number of hydrogen-bond donors (Lipinski definition) is 1. The van der Waals surface area contributed by atoms with Gasteiger partial charge >= 0.3 is 0 Å². The molecule has 2 unspecified atom stereocenters. The van der Waals surface area contributed by atoms with Gasteiger partial charge in [0.25, 0.3) is 5.91 Å². The molecule has 6 heteroatoms. The van der Waals surface area contributed by atoms with Gasteiger partial charge in [-0.2, -0.15) is 0 Å². The van der Waals surface area contributed by atoms with Crippen molar-refractivity contribution in [2.75, 3.05) is 17.5 Å². The zero-order valence-corrected chi connectivity index (χ0v) is 15.6. The van der Waals surface area contributed by atoms with E-state index >= 15 is 0 Å². The molecule has 2 rings (SSSR count). The number of hydrogen-bond acceptors (Lipinski definition) is 3. The fourth-order valence-electron chi connectivity index (χ4n) is 3.44. The number of amides is 1. The topological polar surface area (TPSA) is 66.5 Å². The summed E-state index contributed by atoms with van der Waals surface area (Å²) >= 11 is 0. The maximum atomic E-state index is 12.8. The second-order valence-electron chi connectivity index (χ2n) is 6.75. The summed E-state index contributed by atoms with van der Waals surface area (Å²) in [5, 5.41) is 0. The maximum Gasteiger partial charge on any atom is 0.253 e. The fraction of sp³-hybridized carbons (Fsp3) is 0.611. The molecule has 0 radical (unpaired) electrons. The summed E-state index contributed by atoms with van der Waals surface area (Å²) in [5.74, 6) is 0.522. The minimum atomic E-state index is -3.35. The van der Waals surface area contributed by atoms with Gasteiger partial charge in [-0.05, 0) is 43.4 Å². The van der Waals surface area contributed by atoms with Crippen LogP contribution in [0.25, 0.3) is 0 Å². The maximum absolute atomic E-state index is 12.8. The molecule has 0 aromatic heterocycles.